The summed E-state index contributed by atoms with van der Waals surface area (Å²) in [6.07, 6.45) is 8.65. The number of aromatic nitrogens is 2. The normalized spacial score (nSPS) is 21.5. The lowest BCUT2D eigenvalue weighted by molar-refractivity contribution is -0.117. The molecule has 2 aliphatic heterocycles. The molecule has 1 aromatic carbocycles. The molecule has 0 unspecified atom stereocenters. The van der Waals surface area contributed by atoms with Gasteiger partial charge in [0, 0.05) is 44.0 Å². The molecule has 0 spiro atoms. The van der Waals surface area contributed by atoms with Crippen LogP contribution in [0.5, 0.6) is 0 Å². The second-order valence-electron chi connectivity index (χ2n) is 8.03. The fourth-order valence-electron chi connectivity index (χ4n) is 4.40. The Hall–Kier alpha value is -2.19. The minimum absolute atomic E-state index is 0.0557. The zero-order chi connectivity index (χ0) is 20.6. The van der Waals surface area contributed by atoms with Gasteiger partial charge < -0.3 is 4.90 Å². The van der Waals surface area contributed by atoms with Crippen LogP contribution < -0.4 is 4.90 Å². The van der Waals surface area contributed by atoms with Gasteiger partial charge in [-0.1, -0.05) is 18.9 Å². The van der Waals surface area contributed by atoms with E-state index in [2.05, 4.69) is 5.10 Å². The first kappa shape index (κ1) is 20.1. The van der Waals surface area contributed by atoms with Crippen molar-refractivity contribution in [1.29, 1.82) is 0 Å². The second kappa shape index (κ2) is 7.91. The van der Waals surface area contributed by atoms with Crippen LogP contribution >= 0.6 is 0 Å². The number of carbonyl (C=O) groups excluding carboxylic acids is 1. The highest BCUT2D eigenvalue weighted by atomic mass is 32.2. The lowest BCUT2D eigenvalue weighted by Crippen LogP contribution is -2.35. The molecule has 0 N–H and O–H groups in total. The van der Waals surface area contributed by atoms with E-state index < -0.39 is 10.0 Å². The molecule has 1 aromatic heterocycles. The molecule has 4 rings (SSSR count). The molecule has 8 heteroatoms. The van der Waals surface area contributed by atoms with Crippen molar-refractivity contribution in [2.75, 3.05) is 18.0 Å². The molecule has 1 atom stereocenters. The average molecular weight is 417 g/mol. The highest BCUT2D eigenvalue weighted by molar-refractivity contribution is 7.89. The van der Waals surface area contributed by atoms with Gasteiger partial charge >= 0.3 is 0 Å². The SMILES string of the molecule is Cc1ccc(N2CCCC2=O)cc1S(=O)(=O)N1CCCCC[C@@H]1c1cnn(C)c1. The molecule has 2 saturated heterocycles. The number of sulfonamides is 1. The van der Waals surface area contributed by atoms with E-state index in [-0.39, 0.29) is 11.9 Å². The first-order valence-corrected chi connectivity index (χ1v) is 11.7. The highest BCUT2D eigenvalue weighted by Crippen LogP contribution is 2.36. The van der Waals surface area contributed by atoms with E-state index in [1.165, 1.54) is 0 Å². The summed E-state index contributed by atoms with van der Waals surface area (Å²) in [4.78, 5) is 14.2. The third-order valence-corrected chi connectivity index (χ3v) is 8.01. The molecule has 1 amide bonds. The van der Waals surface area contributed by atoms with Crippen molar-refractivity contribution in [3.63, 3.8) is 0 Å². The average Bonchev–Trinajstić information content (AvgIpc) is 3.22. The molecule has 0 radical (unpaired) electrons. The third kappa shape index (κ3) is 3.83. The molecule has 2 fully saturated rings. The van der Waals surface area contributed by atoms with Crippen LogP contribution in [0.4, 0.5) is 5.69 Å². The number of hydrogen-bond donors (Lipinski definition) is 0. The molecular formula is C21H28N4O3S. The summed E-state index contributed by atoms with van der Waals surface area (Å²) in [5.74, 6) is 0.0557. The maximum atomic E-state index is 13.8. The van der Waals surface area contributed by atoms with Crippen LogP contribution in [0.15, 0.2) is 35.5 Å². The van der Waals surface area contributed by atoms with Gasteiger partial charge in [0.05, 0.1) is 17.1 Å². The number of rotatable bonds is 4. The van der Waals surface area contributed by atoms with Gasteiger partial charge in [-0.25, -0.2) is 8.42 Å². The predicted octanol–water partition coefficient (Wildman–Crippen LogP) is 3.16. The Kier molecular flexibility index (Phi) is 5.48. The van der Waals surface area contributed by atoms with E-state index >= 15 is 0 Å². The van der Waals surface area contributed by atoms with Gasteiger partial charge in [0.25, 0.3) is 0 Å². The lowest BCUT2D eigenvalue weighted by Gasteiger charge is -2.29. The summed E-state index contributed by atoms with van der Waals surface area (Å²) < 4.78 is 31.0. The van der Waals surface area contributed by atoms with Crippen molar-refractivity contribution in [1.82, 2.24) is 14.1 Å². The summed E-state index contributed by atoms with van der Waals surface area (Å²) in [7, 11) is -1.87. The molecule has 3 heterocycles. The number of aryl methyl sites for hydroxylation is 2. The second-order valence-corrected chi connectivity index (χ2v) is 9.89. The minimum atomic E-state index is -3.72. The van der Waals surface area contributed by atoms with Crippen molar-refractivity contribution in [3.05, 3.63) is 41.7 Å². The molecular weight excluding hydrogens is 388 g/mol. The van der Waals surface area contributed by atoms with E-state index in [9.17, 15) is 13.2 Å². The van der Waals surface area contributed by atoms with Crippen LogP contribution in [-0.2, 0) is 21.9 Å². The van der Waals surface area contributed by atoms with E-state index in [1.807, 2.05) is 32.3 Å². The standard InChI is InChI=1S/C21H28N4O3S/c1-16-9-10-18(24-11-6-8-21(24)26)13-20(16)29(27,28)25-12-5-3-4-7-19(25)17-14-22-23(2)15-17/h9-10,13-15,19H,3-8,11-12H2,1-2H3/t19-/m1/s1. The number of anilines is 1. The highest BCUT2D eigenvalue weighted by Gasteiger charge is 2.35. The van der Waals surface area contributed by atoms with Crippen LogP contribution in [0.3, 0.4) is 0 Å². The molecule has 7 nitrogen and oxygen atoms in total. The number of carbonyl (C=O) groups is 1. The van der Waals surface area contributed by atoms with Gasteiger partial charge in [0.2, 0.25) is 15.9 Å². The van der Waals surface area contributed by atoms with E-state index in [0.717, 1.165) is 37.7 Å². The minimum Gasteiger partial charge on any atom is -0.312 e. The summed E-state index contributed by atoms with van der Waals surface area (Å²) >= 11 is 0. The van der Waals surface area contributed by atoms with Gasteiger partial charge in [-0.2, -0.15) is 9.40 Å². The Morgan fingerprint density at radius 1 is 1.10 bits per heavy atom. The van der Waals surface area contributed by atoms with Crippen LogP contribution in [0.25, 0.3) is 0 Å². The topological polar surface area (TPSA) is 75.5 Å². The van der Waals surface area contributed by atoms with Crippen LogP contribution in [0.2, 0.25) is 0 Å². The Morgan fingerprint density at radius 3 is 2.62 bits per heavy atom. The van der Waals surface area contributed by atoms with Gasteiger partial charge in [-0.3, -0.25) is 9.48 Å². The maximum absolute atomic E-state index is 13.8. The number of hydrogen-bond acceptors (Lipinski definition) is 4. The monoisotopic (exact) mass is 416 g/mol. The molecule has 29 heavy (non-hydrogen) atoms. The fourth-order valence-corrected chi connectivity index (χ4v) is 6.33. The molecule has 2 aliphatic rings. The molecule has 156 valence electrons. The number of nitrogens with zero attached hydrogens (tertiary/aromatic N) is 4. The summed E-state index contributed by atoms with van der Waals surface area (Å²) in [6.45, 7) is 2.96. The van der Waals surface area contributed by atoms with Gasteiger partial charge in [-0.15, -0.1) is 0 Å². The van der Waals surface area contributed by atoms with Gasteiger partial charge in [0.1, 0.15) is 0 Å². The molecule has 2 aromatic rings. The predicted molar refractivity (Wildman–Crippen MR) is 111 cm³/mol. The van der Waals surface area contributed by atoms with Crippen LogP contribution in [-0.4, -0.2) is 41.5 Å². The first-order valence-electron chi connectivity index (χ1n) is 10.3. The van der Waals surface area contributed by atoms with Crippen molar-refractivity contribution in [2.24, 2.45) is 7.05 Å². The van der Waals surface area contributed by atoms with Crippen molar-refractivity contribution in [2.45, 2.75) is 56.4 Å². The third-order valence-electron chi connectivity index (χ3n) is 5.96. The van der Waals surface area contributed by atoms with E-state index in [0.29, 0.717) is 35.7 Å². The van der Waals surface area contributed by atoms with Crippen molar-refractivity contribution < 1.29 is 13.2 Å². The summed E-state index contributed by atoms with van der Waals surface area (Å²) in [6, 6.07) is 5.12. The number of benzene rings is 1. The maximum Gasteiger partial charge on any atom is 0.243 e. The summed E-state index contributed by atoms with van der Waals surface area (Å²) in [5, 5.41) is 4.25. The van der Waals surface area contributed by atoms with Gasteiger partial charge in [0.15, 0.2) is 0 Å². The molecule has 0 saturated carbocycles. The Balaban J connectivity index is 1.75. The van der Waals surface area contributed by atoms with Crippen LogP contribution in [0, 0.1) is 6.92 Å². The van der Waals surface area contributed by atoms with Crippen molar-refractivity contribution >= 4 is 21.6 Å². The zero-order valence-electron chi connectivity index (χ0n) is 17.0. The van der Waals surface area contributed by atoms with E-state index in [4.69, 9.17) is 0 Å². The summed E-state index contributed by atoms with van der Waals surface area (Å²) in [5.41, 5.74) is 2.31. The quantitative estimate of drug-likeness (QED) is 0.767. The zero-order valence-corrected chi connectivity index (χ0v) is 17.9. The number of amides is 1. The molecule has 0 aliphatic carbocycles. The Morgan fingerprint density at radius 2 is 1.93 bits per heavy atom. The lowest BCUT2D eigenvalue weighted by atomic mass is 10.1. The van der Waals surface area contributed by atoms with Gasteiger partial charge in [-0.05, 0) is 43.9 Å². The smallest absolute Gasteiger partial charge is 0.243 e. The first-order chi connectivity index (χ1) is 13.9. The van der Waals surface area contributed by atoms with E-state index in [1.54, 1.807) is 26.2 Å². The Labute approximate surface area is 172 Å². The molecule has 0 bridgehead atoms. The fraction of sp³-hybridized carbons (Fsp3) is 0.524. The van der Waals surface area contributed by atoms with Crippen LogP contribution in [0.1, 0.15) is 55.7 Å². The largest absolute Gasteiger partial charge is 0.312 e. The Bertz CT molecular complexity index is 1010. The van der Waals surface area contributed by atoms with Crippen molar-refractivity contribution in [3.8, 4) is 0 Å².